The molecule has 1 atom stereocenters. The molecule has 7 nitrogen and oxygen atoms in total. The number of hydrogen-bond acceptors (Lipinski definition) is 5. The van der Waals surface area contributed by atoms with Crippen molar-refractivity contribution in [1.29, 1.82) is 0 Å². The molecule has 0 bridgehead atoms. The first-order chi connectivity index (χ1) is 11.2. The number of fused-ring (bicyclic) bond motifs is 2. The van der Waals surface area contributed by atoms with Gasteiger partial charge in [-0.2, -0.15) is 0 Å². The smallest absolute Gasteiger partial charge is 0.411 e. The van der Waals surface area contributed by atoms with E-state index in [1.54, 1.807) is 11.0 Å². The quantitative estimate of drug-likeness (QED) is 0.847. The van der Waals surface area contributed by atoms with Crippen molar-refractivity contribution in [3.63, 3.8) is 0 Å². The average Bonchev–Trinajstić information content (AvgIpc) is 2.84. The van der Waals surface area contributed by atoms with Gasteiger partial charge in [-0.05, 0) is 32.9 Å². The largest absolute Gasteiger partial charge is 0.490 e. The predicted molar refractivity (Wildman–Crippen MR) is 84.3 cm³/mol. The van der Waals surface area contributed by atoms with Crippen LogP contribution in [0.2, 0.25) is 0 Å². The van der Waals surface area contributed by atoms with Crippen molar-refractivity contribution in [3.8, 4) is 5.75 Å². The highest BCUT2D eigenvalue weighted by atomic mass is 16.6. The van der Waals surface area contributed by atoms with Gasteiger partial charge in [-0.15, -0.1) is 0 Å². The summed E-state index contributed by atoms with van der Waals surface area (Å²) in [6.07, 6.45) is -0.426. The molecule has 2 aliphatic heterocycles. The van der Waals surface area contributed by atoms with E-state index < -0.39 is 23.2 Å². The highest BCUT2D eigenvalue weighted by Crippen LogP contribution is 2.43. The van der Waals surface area contributed by atoms with Crippen LogP contribution in [0.1, 0.15) is 36.7 Å². The predicted octanol–water partition coefficient (Wildman–Crippen LogP) is 2.24. The van der Waals surface area contributed by atoms with E-state index in [4.69, 9.17) is 19.3 Å². The van der Waals surface area contributed by atoms with Gasteiger partial charge in [0.2, 0.25) is 0 Å². The van der Waals surface area contributed by atoms with Crippen molar-refractivity contribution < 1.29 is 28.9 Å². The number of hydrogen-bond donors (Lipinski definition) is 1. The van der Waals surface area contributed by atoms with E-state index in [2.05, 4.69) is 0 Å². The summed E-state index contributed by atoms with van der Waals surface area (Å²) in [5.41, 5.74) is -0.497. The number of morpholine rings is 1. The maximum atomic E-state index is 12.7. The van der Waals surface area contributed by atoms with Gasteiger partial charge < -0.3 is 19.3 Å². The fourth-order valence-corrected chi connectivity index (χ4v) is 3.05. The lowest BCUT2D eigenvalue weighted by Gasteiger charge is -2.43. The molecule has 2 heterocycles. The van der Waals surface area contributed by atoms with E-state index >= 15 is 0 Å². The van der Waals surface area contributed by atoms with Gasteiger partial charge in [0.1, 0.15) is 23.5 Å². The Balaban J connectivity index is 1.97. The molecule has 1 fully saturated rings. The summed E-state index contributed by atoms with van der Waals surface area (Å²) in [7, 11) is 0. The summed E-state index contributed by atoms with van der Waals surface area (Å²) in [6, 6.07) is 4.69. The van der Waals surface area contributed by atoms with Crippen molar-refractivity contribution in [1.82, 2.24) is 4.90 Å². The Bertz CT molecular complexity index is 680. The molecule has 24 heavy (non-hydrogen) atoms. The molecular weight excluding hydrogens is 314 g/mol. The third-order valence-electron chi connectivity index (χ3n) is 4.13. The Morgan fingerprint density at radius 2 is 2.04 bits per heavy atom. The first-order valence-electron chi connectivity index (χ1n) is 7.82. The number of aromatic carboxylic acids is 1. The lowest BCUT2D eigenvalue weighted by Crippen LogP contribution is -2.58. The minimum absolute atomic E-state index is 0.145. The zero-order chi connectivity index (χ0) is 17.5. The molecule has 1 N–H and O–H groups in total. The van der Waals surface area contributed by atoms with Crippen LogP contribution < -0.4 is 4.74 Å². The molecule has 1 aromatic rings. The molecule has 0 unspecified atom stereocenters. The van der Waals surface area contributed by atoms with Crippen LogP contribution in [0.25, 0.3) is 0 Å². The number of carbonyl (C=O) groups excluding carboxylic acids is 1. The van der Waals surface area contributed by atoms with Crippen LogP contribution in [0.3, 0.4) is 0 Å². The fourth-order valence-electron chi connectivity index (χ4n) is 3.05. The minimum atomic E-state index is -1.02. The highest BCUT2D eigenvalue weighted by Gasteiger charge is 2.51. The molecule has 7 heteroatoms. The van der Waals surface area contributed by atoms with E-state index in [1.807, 2.05) is 20.8 Å². The monoisotopic (exact) mass is 335 g/mol. The molecule has 2 aliphatic rings. The minimum Gasteiger partial charge on any atom is -0.490 e. The van der Waals surface area contributed by atoms with Crippen LogP contribution in [0.5, 0.6) is 5.75 Å². The number of amides is 1. The number of rotatable bonds is 1. The van der Waals surface area contributed by atoms with E-state index in [-0.39, 0.29) is 18.8 Å². The fraction of sp³-hybridized carbons (Fsp3) is 0.529. The highest BCUT2D eigenvalue weighted by molar-refractivity contribution is 5.88. The Hall–Kier alpha value is -2.28. The van der Waals surface area contributed by atoms with Crippen LogP contribution in [0.4, 0.5) is 4.79 Å². The zero-order valence-corrected chi connectivity index (χ0v) is 14.0. The summed E-state index contributed by atoms with van der Waals surface area (Å²) < 4.78 is 16.8. The second kappa shape index (κ2) is 5.66. The number of ether oxygens (including phenoxy) is 3. The second-order valence-corrected chi connectivity index (χ2v) is 7.02. The van der Waals surface area contributed by atoms with E-state index in [9.17, 15) is 9.59 Å². The topological polar surface area (TPSA) is 85.3 Å². The average molecular weight is 335 g/mol. The van der Waals surface area contributed by atoms with Gasteiger partial charge in [-0.25, -0.2) is 9.59 Å². The lowest BCUT2D eigenvalue weighted by molar-refractivity contribution is -0.0833. The summed E-state index contributed by atoms with van der Waals surface area (Å²) >= 11 is 0. The molecule has 0 aliphatic carbocycles. The maximum absolute atomic E-state index is 12.7. The Morgan fingerprint density at radius 3 is 2.71 bits per heavy atom. The first-order valence-corrected chi connectivity index (χ1v) is 7.82. The van der Waals surface area contributed by atoms with Gasteiger partial charge in [0.15, 0.2) is 0 Å². The second-order valence-electron chi connectivity index (χ2n) is 7.02. The van der Waals surface area contributed by atoms with Crippen molar-refractivity contribution in [3.05, 3.63) is 29.3 Å². The van der Waals surface area contributed by atoms with Gasteiger partial charge in [-0.3, -0.25) is 4.90 Å². The molecule has 1 saturated heterocycles. The van der Waals surface area contributed by atoms with Crippen LogP contribution in [0.15, 0.2) is 18.2 Å². The number of carboxylic acids is 1. The molecule has 3 rings (SSSR count). The summed E-state index contributed by atoms with van der Waals surface area (Å²) in [5.74, 6) is -0.555. The van der Waals surface area contributed by atoms with Crippen molar-refractivity contribution in [2.75, 3.05) is 26.4 Å². The molecule has 0 radical (unpaired) electrons. The molecule has 1 aromatic carbocycles. The standard InChI is InChI=1S/C17H21NO6/c1-16(2,3)24-15(21)18-6-7-22-9-17(18)10-23-13-8-11(14(19)20)4-5-12(13)17/h4-5,8H,6-7,9-10H2,1-3H3,(H,19,20)/t17-/m1/s1. The van der Waals surface area contributed by atoms with E-state index in [1.165, 1.54) is 12.1 Å². The number of carbonyl (C=O) groups is 2. The van der Waals surface area contributed by atoms with Gasteiger partial charge >= 0.3 is 12.1 Å². The van der Waals surface area contributed by atoms with Crippen molar-refractivity contribution in [2.24, 2.45) is 0 Å². The van der Waals surface area contributed by atoms with Gasteiger partial charge in [-0.1, -0.05) is 6.07 Å². The van der Waals surface area contributed by atoms with Crippen LogP contribution >= 0.6 is 0 Å². The van der Waals surface area contributed by atoms with Crippen molar-refractivity contribution >= 4 is 12.1 Å². The molecular formula is C17H21NO6. The molecule has 1 spiro atoms. The first kappa shape index (κ1) is 16.6. The number of carboxylic acid groups (broad SMARTS) is 1. The summed E-state index contributed by atoms with van der Waals surface area (Å²) in [4.78, 5) is 25.4. The van der Waals surface area contributed by atoms with Gasteiger partial charge in [0, 0.05) is 12.1 Å². The maximum Gasteiger partial charge on any atom is 0.411 e. The SMILES string of the molecule is CC(C)(C)OC(=O)N1CCOC[C@]12COc1cc(C(=O)O)ccc12. The molecule has 0 aromatic heterocycles. The van der Waals surface area contributed by atoms with E-state index in [0.29, 0.717) is 18.9 Å². The van der Waals surface area contributed by atoms with Crippen LogP contribution in [0, 0.1) is 0 Å². The number of benzene rings is 1. The normalized spacial score (nSPS) is 22.9. The van der Waals surface area contributed by atoms with Crippen LogP contribution in [-0.4, -0.2) is 54.0 Å². The number of nitrogens with zero attached hydrogens (tertiary/aromatic N) is 1. The molecule has 1 amide bonds. The third kappa shape index (κ3) is 2.80. The Morgan fingerprint density at radius 1 is 1.29 bits per heavy atom. The van der Waals surface area contributed by atoms with Crippen molar-refractivity contribution in [2.45, 2.75) is 31.9 Å². The Kier molecular flexibility index (Phi) is 3.91. The van der Waals surface area contributed by atoms with Gasteiger partial charge in [0.25, 0.3) is 0 Å². The van der Waals surface area contributed by atoms with Crippen LogP contribution in [-0.2, 0) is 15.0 Å². The van der Waals surface area contributed by atoms with Gasteiger partial charge in [0.05, 0.1) is 18.8 Å². The molecule has 130 valence electrons. The molecule has 0 saturated carbocycles. The lowest BCUT2D eigenvalue weighted by atomic mass is 9.89. The summed E-state index contributed by atoms with van der Waals surface area (Å²) in [5, 5.41) is 9.12. The third-order valence-corrected chi connectivity index (χ3v) is 4.13. The Labute approximate surface area is 140 Å². The zero-order valence-electron chi connectivity index (χ0n) is 14.0. The summed E-state index contributed by atoms with van der Waals surface area (Å²) in [6.45, 7) is 6.75. The van der Waals surface area contributed by atoms with E-state index in [0.717, 1.165) is 5.56 Å².